The van der Waals surface area contributed by atoms with E-state index < -0.39 is 0 Å². The highest BCUT2D eigenvalue weighted by Crippen LogP contribution is 2.27. The molecule has 2 aromatic heterocycles. The van der Waals surface area contributed by atoms with Gasteiger partial charge in [0.05, 0.1) is 5.52 Å². The number of fused-ring (bicyclic) bond motifs is 1. The maximum Gasteiger partial charge on any atom is 0.166 e. The Bertz CT molecular complexity index is 731. The summed E-state index contributed by atoms with van der Waals surface area (Å²) in [5.74, 6) is 0.566. The van der Waals surface area contributed by atoms with E-state index in [0.29, 0.717) is 11.5 Å². The van der Waals surface area contributed by atoms with Crippen LogP contribution in [0.15, 0.2) is 54.0 Å². The Kier molecular flexibility index (Phi) is 2.41. The standard InChI is InChI=1S/C14H11N3O/c1-10-9-17(13-7-3-2-5-11(10)13)14-12(16-18)6-4-8-15-14/h2-9H,1H3. The van der Waals surface area contributed by atoms with Gasteiger partial charge in [0.2, 0.25) is 0 Å². The van der Waals surface area contributed by atoms with Crippen molar-refractivity contribution in [3.63, 3.8) is 0 Å². The topological polar surface area (TPSA) is 47.2 Å². The van der Waals surface area contributed by atoms with Gasteiger partial charge in [-0.2, -0.15) is 0 Å². The fraction of sp³-hybridized carbons (Fsp3) is 0.0714. The van der Waals surface area contributed by atoms with E-state index in [1.807, 2.05) is 35.9 Å². The fourth-order valence-electron chi connectivity index (χ4n) is 2.17. The average molecular weight is 237 g/mol. The molecule has 2 heterocycles. The molecule has 0 saturated carbocycles. The summed E-state index contributed by atoms with van der Waals surface area (Å²) in [5.41, 5.74) is 2.52. The zero-order valence-corrected chi connectivity index (χ0v) is 9.87. The third-order valence-corrected chi connectivity index (χ3v) is 3.00. The van der Waals surface area contributed by atoms with Gasteiger partial charge in [-0.1, -0.05) is 18.2 Å². The minimum atomic E-state index is 0.346. The molecule has 0 N–H and O–H groups in total. The van der Waals surface area contributed by atoms with Crippen LogP contribution in [-0.4, -0.2) is 9.55 Å². The maximum atomic E-state index is 10.8. The van der Waals surface area contributed by atoms with E-state index in [2.05, 4.69) is 16.2 Å². The van der Waals surface area contributed by atoms with Crippen LogP contribution in [0.3, 0.4) is 0 Å². The van der Waals surface area contributed by atoms with Gasteiger partial charge in [-0.15, -0.1) is 4.91 Å². The monoisotopic (exact) mass is 237 g/mol. The summed E-state index contributed by atoms with van der Waals surface area (Å²) in [7, 11) is 0. The first-order chi connectivity index (χ1) is 8.81. The molecular weight excluding hydrogens is 226 g/mol. The highest BCUT2D eigenvalue weighted by Gasteiger charge is 2.11. The molecule has 3 rings (SSSR count). The van der Waals surface area contributed by atoms with E-state index >= 15 is 0 Å². The number of aromatic nitrogens is 2. The molecular formula is C14H11N3O. The van der Waals surface area contributed by atoms with Crippen LogP contribution in [0.1, 0.15) is 5.56 Å². The van der Waals surface area contributed by atoms with E-state index in [0.717, 1.165) is 16.5 Å². The van der Waals surface area contributed by atoms with Crippen molar-refractivity contribution in [2.24, 2.45) is 5.18 Å². The molecule has 0 atom stereocenters. The molecule has 0 spiro atoms. The smallest absolute Gasteiger partial charge is 0.166 e. The molecule has 0 aliphatic rings. The molecule has 4 nitrogen and oxygen atoms in total. The second-order valence-corrected chi connectivity index (χ2v) is 4.14. The lowest BCUT2D eigenvalue weighted by Crippen LogP contribution is -1.95. The summed E-state index contributed by atoms with van der Waals surface area (Å²) in [5, 5.41) is 4.18. The van der Waals surface area contributed by atoms with Crippen LogP contribution in [0.25, 0.3) is 16.7 Å². The van der Waals surface area contributed by atoms with Crippen LogP contribution < -0.4 is 0 Å². The van der Waals surface area contributed by atoms with Gasteiger partial charge < -0.3 is 0 Å². The van der Waals surface area contributed by atoms with E-state index in [4.69, 9.17) is 0 Å². The van der Waals surface area contributed by atoms with Gasteiger partial charge >= 0.3 is 0 Å². The Morgan fingerprint density at radius 3 is 2.83 bits per heavy atom. The lowest BCUT2D eigenvalue weighted by atomic mass is 10.2. The number of hydrogen-bond donors (Lipinski definition) is 0. The highest BCUT2D eigenvalue weighted by molar-refractivity contribution is 5.85. The molecule has 0 radical (unpaired) electrons. The second-order valence-electron chi connectivity index (χ2n) is 4.14. The van der Waals surface area contributed by atoms with Gasteiger partial charge in [0, 0.05) is 17.8 Å². The van der Waals surface area contributed by atoms with Gasteiger partial charge in [-0.25, -0.2) is 4.98 Å². The van der Waals surface area contributed by atoms with Gasteiger partial charge in [0.15, 0.2) is 11.5 Å². The number of hydrogen-bond acceptors (Lipinski definition) is 3. The molecule has 0 amide bonds. The van der Waals surface area contributed by atoms with Gasteiger partial charge in [0.1, 0.15) is 0 Å². The fourth-order valence-corrected chi connectivity index (χ4v) is 2.17. The van der Waals surface area contributed by atoms with Crippen molar-refractivity contribution in [3.8, 4) is 5.82 Å². The number of rotatable bonds is 2. The largest absolute Gasteiger partial charge is 0.299 e. The van der Waals surface area contributed by atoms with E-state index in [1.165, 1.54) is 0 Å². The summed E-state index contributed by atoms with van der Waals surface area (Å²) >= 11 is 0. The number of nitrogens with zero attached hydrogens (tertiary/aromatic N) is 3. The van der Waals surface area contributed by atoms with Gasteiger partial charge in [0.25, 0.3) is 0 Å². The van der Waals surface area contributed by atoms with Crippen LogP contribution in [-0.2, 0) is 0 Å². The van der Waals surface area contributed by atoms with Crippen molar-refractivity contribution in [3.05, 3.63) is 59.3 Å². The predicted molar refractivity (Wildman–Crippen MR) is 71.3 cm³/mol. The molecule has 0 unspecified atom stereocenters. The Labute approximate surface area is 104 Å². The van der Waals surface area contributed by atoms with Gasteiger partial charge in [-0.05, 0) is 35.9 Å². The molecule has 0 bridgehead atoms. The first-order valence-electron chi connectivity index (χ1n) is 5.66. The number of para-hydroxylation sites is 1. The lowest BCUT2D eigenvalue weighted by molar-refractivity contribution is 1.03. The molecule has 1 aromatic carbocycles. The summed E-state index contributed by atoms with van der Waals surface area (Å²) in [6.07, 6.45) is 3.63. The van der Waals surface area contributed by atoms with Crippen LogP contribution in [0.2, 0.25) is 0 Å². The number of nitroso groups, excluding NO2 is 1. The Balaban J connectivity index is 2.35. The zero-order chi connectivity index (χ0) is 12.5. The Hall–Kier alpha value is -2.49. The summed E-state index contributed by atoms with van der Waals surface area (Å²) in [6, 6.07) is 11.4. The maximum absolute atomic E-state index is 10.8. The average Bonchev–Trinajstić information content (AvgIpc) is 2.77. The van der Waals surface area contributed by atoms with Gasteiger partial charge in [-0.3, -0.25) is 4.57 Å². The molecule has 0 aliphatic heterocycles. The number of aryl methyl sites for hydroxylation is 1. The number of benzene rings is 1. The second kappa shape index (κ2) is 4.07. The van der Waals surface area contributed by atoms with Crippen LogP contribution in [0, 0.1) is 11.8 Å². The lowest BCUT2D eigenvalue weighted by Gasteiger charge is -2.05. The molecule has 18 heavy (non-hydrogen) atoms. The first kappa shape index (κ1) is 10.7. The van der Waals surface area contributed by atoms with Crippen molar-refractivity contribution in [1.29, 1.82) is 0 Å². The molecule has 3 aromatic rings. The molecule has 4 heteroatoms. The van der Waals surface area contributed by atoms with Crippen LogP contribution in [0.4, 0.5) is 5.69 Å². The summed E-state index contributed by atoms with van der Waals surface area (Å²) in [4.78, 5) is 15.1. The van der Waals surface area contributed by atoms with Crippen LogP contribution >= 0.6 is 0 Å². The van der Waals surface area contributed by atoms with Crippen molar-refractivity contribution < 1.29 is 0 Å². The SMILES string of the molecule is Cc1cn(-c2ncccc2N=O)c2ccccc12. The molecule has 0 saturated heterocycles. The number of pyridine rings is 1. The first-order valence-corrected chi connectivity index (χ1v) is 5.66. The van der Waals surface area contributed by atoms with Crippen molar-refractivity contribution >= 4 is 16.6 Å². The summed E-state index contributed by atoms with van der Waals surface area (Å²) < 4.78 is 1.90. The van der Waals surface area contributed by atoms with Crippen LogP contribution in [0.5, 0.6) is 0 Å². The summed E-state index contributed by atoms with van der Waals surface area (Å²) in [6.45, 7) is 2.04. The Morgan fingerprint density at radius 2 is 2.00 bits per heavy atom. The highest BCUT2D eigenvalue weighted by atomic mass is 16.3. The normalized spacial score (nSPS) is 10.7. The predicted octanol–water partition coefficient (Wildman–Crippen LogP) is 3.73. The third kappa shape index (κ3) is 1.50. The van der Waals surface area contributed by atoms with E-state index in [9.17, 15) is 4.91 Å². The van der Waals surface area contributed by atoms with Crippen molar-refractivity contribution in [1.82, 2.24) is 9.55 Å². The molecule has 0 aliphatic carbocycles. The Morgan fingerprint density at radius 1 is 1.17 bits per heavy atom. The van der Waals surface area contributed by atoms with E-state index in [-0.39, 0.29) is 0 Å². The quantitative estimate of drug-likeness (QED) is 0.637. The van der Waals surface area contributed by atoms with Crippen molar-refractivity contribution in [2.75, 3.05) is 0 Å². The van der Waals surface area contributed by atoms with Crippen molar-refractivity contribution in [2.45, 2.75) is 6.92 Å². The minimum Gasteiger partial charge on any atom is -0.299 e. The molecule has 88 valence electrons. The van der Waals surface area contributed by atoms with E-state index in [1.54, 1.807) is 18.3 Å². The third-order valence-electron chi connectivity index (χ3n) is 3.00. The molecule has 0 fully saturated rings. The minimum absolute atomic E-state index is 0.346. The zero-order valence-electron chi connectivity index (χ0n) is 9.87.